The van der Waals surface area contributed by atoms with Crippen molar-refractivity contribution >= 4 is 23.9 Å². The van der Waals surface area contributed by atoms with Crippen molar-refractivity contribution in [3.8, 4) is 0 Å². The molecule has 1 aliphatic carbocycles. The highest BCUT2D eigenvalue weighted by molar-refractivity contribution is 5.92. The van der Waals surface area contributed by atoms with Crippen LogP contribution in [0.5, 0.6) is 0 Å². The first-order valence-electron chi connectivity index (χ1n) is 11.2. The Labute approximate surface area is 195 Å². The van der Waals surface area contributed by atoms with Gasteiger partial charge in [0.1, 0.15) is 24.7 Å². The van der Waals surface area contributed by atoms with Gasteiger partial charge >= 0.3 is 12.1 Å². The third-order valence-corrected chi connectivity index (χ3v) is 5.36. The number of esters is 1. The van der Waals surface area contributed by atoms with Crippen LogP contribution in [-0.2, 0) is 30.3 Å². The Kier molecular flexibility index (Phi) is 8.84. The molecule has 0 spiro atoms. The van der Waals surface area contributed by atoms with Gasteiger partial charge in [0.15, 0.2) is 0 Å². The summed E-state index contributed by atoms with van der Waals surface area (Å²) in [5.74, 6) is -1.28. The van der Waals surface area contributed by atoms with E-state index in [1.165, 1.54) is 12.0 Å². The monoisotopic (exact) mass is 461 g/mol. The number of alkyl carbamates (subject to hydrolysis) is 1. The average molecular weight is 462 g/mol. The van der Waals surface area contributed by atoms with E-state index >= 15 is 0 Å². The summed E-state index contributed by atoms with van der Waals surface area (Å²) in [4.78, 5) is 51.6. The van der Waals surface area contributed by atoms with E-state index in [1.54, 1.807) is 20.8 Å². The SMILES string of the molecule is CCc1ccc(C(C(=O)NCC(=O)OC)N(C(=O)CNC(=O)OC(C)(C)C)C2CC2C)cc1. The van der Waals surface area contributed by atoms with E-state index in [9.17, 15) is 19.2 Å². The quantitative estimate of drug-likeness (QED) is 0.546. The fourth-order valence-electron chi connectivity index (χ4n) is 3.47. The summed E-state index contributed by atoms with van der Waals surface area (Å²) >= 11 is 0. The lowest BCUT2D eigenvalue weighted by atomic mass is 10.0. The van der Waals surface area contributed by atoms with Gasteiger partial charge in [0.2, 0.25) is 11.8 Å². The minimum absolute atomic E-state index is 0.155. The number of methoxy groups -OCH3 is 1. The van der Waals surface area contributed by atoms with Crippen LogP contribution in [0.2, 0.25) is 0 Å². The van der Waals surface area contributed by atoms with Crippen molar-refractivity contribution < 1.29 is 28.7 Å². The first-order chi connectivity index (χ1) is 15.5. The van der Waals surface area contributed by atoms with Crippen LogP contribution in [0, 0.1) is 5.92 Å². The zero-order chi connectivity index (χ0) is 24.8. The molecular formula is C24H35N3O6. The molecule has 1 aliphatic rings. The first kappa shape index (κ1) is 26.2. The number of ether oxygens (including phenoxy) is 2. The van der Waals surface area contributed by atoms with E-state index in [1.807, 2.05) is 38.1 Å². The van der Waals surface area contributed by atoms with Gasteiger partial charge < -0.3 is 25.0 Å². The van der Waals surface area contributed by atoms with Gasteiger partial charge in [0, 0.05) is 6.04 Å². The van der Waals surface area contributed by atoms with E-state index in [4.69, 9.17) is 4.74 Å². The summed E-state index contributed by atoms with van der Waals surface area (Å²) in [6, 6.07) is 6.34. The van der Waals surface area contributed by atoms with Crippen LogP contribution in [0.1, 0.15) is 58.2 Å². The summed E-state index contributed by atoms with van der Waals surface area (Å²) in [6.45, 7) is 8.59. The van der Waals surface area contributed by atoms with Gasteiger partial charge in [0.25, 0.3) is 0 Å². The summed E-state index contributed by atoms with van der Waals surface area (Å²) in [5.41, 5.74) is 1.02. The Morgan fingerprint density at radius 2 is 1.70 bits per heavy atom. The van der Waals surface area contributed by atoms with Gasteiger partial charge in [-0.2, -0.15) is 0 Å². The predicted octanol–water partition coefficient (Wildman–Crippen LogP) is 2.34. The van der Waals surface area contributed by atoms with Crippen LogP contribution < -0.4 is 10.6 Å². The number of hydrogen-bond acceptors (Lipinski definition) is 6. The lowest BCUT2D eigenvalue weighted by molar-refractivity contribution is -0.144. The van der Waals surface area contributed by atoms with Gasteiger partial charge in [-0.25, -0.2) is 4.79 Å². The Balaban J connectivity index is 2.29. The van der Waals surface area contributed by atoms with E-state index in [0.717, 1.165) is 18.4 Å². The van der Waals surface area contributed by atoms with E-state index in [0.29, 0.717) is 5.56 Å². The second-order valence-electron chi connectivity index (χ2n) is 9.23. The average Bonchev–Trinajstić information content (AvgIpc) is 3.48. The topological polar surface area (TPSA) is 114 Å². The number of carbonyl (C=O) groups is 4. The number of amides is 3. The van der Waals surface area contributed by atoms with Crippen molar-refractivity contribution in [2.45, 2.75) is 65.1 Å². The maximum Gasteiger partial charge on any atom is 0.408 e. The highest BCUT2D eigenvalue weighted by Crippen LogP contribution is 2.40. The van der Waals surface area contributed by atoms with Gasteiger partial charge in [-0.1, -0.05) is 38.1 Å². The van der Waals surface area contributed by atoms with Crippen LogP contribution in [0.3, 0.4) is 0 Å². The molecule has 0 radical (unpaired) electrons. The first-order valence-corrected chi connectivity index (χ1v) is 11.2. The van der Waals surface area contributed by atoms with Gasteiger partial charge in [-0.15, -0.1) is 0 Å². The van der Waals surface area contributed by atoms with E-state index in [2.05, 4.69) is 15.4 Å². The molecule has 0 aliphatic heterocycles. The van der Waals surface area contributed by atoms with Crippen molar-refractivity contribution in [3.05, 3.63) is 35.4 Å². The maximum atomic E-state index is 13.3. The lowest BCUT2D eigenvalue weighted by Gasteiger charge is -2.32. The molecule has 0 saturated heterocycles. The Morgan fingerprint density at radius 3 is 2.18 bits per heavy atom. The number of nitrogens with zero attached hydrogens (tertiary/aromatic N) is 1. The number of nitrogens with one attached hydrogen (secondary N) is 2. The minimum Gasteiger partial charge on any atom is -0.468 e. The van der Waals surface area contributed by atoms with Crippen molar-refractivity contribution in [1.82, 2.24) is 15.5 Å². The molecule has 0 heterocycles. The maximum absolute atomic E-state index is 13.3. The summed E-state index contributed by atoms with van der Waals surface area (Å²) in [7, 11) is 1.24. The highest BCUT2D eigenvalue weighted by atomic mass is 16.6. The largest absolute Gasteiger partial charge is 0.468 e. The zero-order valence-corrected chi connectivity index (χ0v) is 20.3. The molecule has 1 aromatic carbocycles. The molecule has 2 rings (SSSR count). The third kappa shape index (κ3) is 7.76. The van der Waals surface area contributed by atoms with Gasteiger partial charge in [0.05, 0.1) is 7.11 Å². The summed E-state index contributed by atoms with van der Waals surface area (Å²) < 4.78 is 9.82. The van der Waals surface area contributed by atoms with Crippen LogP contribution in [0.15, 0.2) is 24.3 Å². The molecule has 2 N–H and O–H groups in total. The fraction of sp³-hybridized carbons (Fsp3) is 0.583. The Hall–Kier alpha value is -3.10. The van der Waals surface area contributed by atoms with Gasteiger partial charge in [-0.05, 0) is 50.7 Å². The van der Waals surface area contributed by atoms with Crippen LogP contribution in [-0.4, -0.2) is 60.6 Å². The lowest BCUT2D eigenvalue weighted by Crippen LogP contribution is -2.49. The summed E-state index contributed by atoms with van der Waals surface area (Å²) in [5, 5.41) is 5.05. The van der Waals surface area contributed by atoms with Crippen molar-refractivity contribution in [1.29, 1.82) is 0 Å². The fourth-order valence-corrected chi connectivity index (χ4v) is 3.47. The number of hydrogen-bond donors (Lipinski definition) is 2. The molecule has 3 unspecified atom stereocenters. The second-order valence-corrected chi connectivity index (χ2v) is 9.23. The Morgan fingerprint density at radius 1 is 1.09 bits per heavy atom. The predicted molar refractivity (Wildman–Crippen MR) is 122 cm³/mol. The Bertz CT molecular complexity index is 862. The van der Waals surface area contributed by atoms with Crippen LogP contribution in [0.25, 0.3) is 0 Å². The molecule has 1 fully saturated rings. The second kappa shape index (κ2) is 11.2. The molecule has 0 aromatic heterocycles. The number of rotatable bonds is 9. The molecule has 182 valence electrons. The smallest absolute Gasteiger partial charge is 0.408 e. The van der Waals surface area contributed by atoms with Crippen LogP contribution >= 0.6 is 0 Å². The van der Waals surface area contributed by atoms with Crippen LogP contribution in [0.4, 0.5) is 4.79 Å². The van der Waals surface area contributed by atoms with E-state index < -0.39 is 35.5 Å². The number of benzene rings is 1. The number of aryl methyl sites for hydroxylation is 1. The minimum atomic E-state index is -0.955. The molecule has 3 amide bonds. The molecule has 1 saturated carbocycles. The molecule has 33 heavy (non-hydrogen) atoms. The summed E-state index contributed by atoms with van der Waals surface area (Å²) in [6.07, 6.45) is 0.867. The van der Waals surface area contributed by atoms with Crippen molar-refractivity contribution in [2.75, 3.05) is 20.2 Å². The molecule has 9 heteroatoms. The normalized spacial score (nSPS) is 18.0. The standard InChI is InChI=1S/C24H35N3O6/c1-7-16-8-10-17(11-9-16)21(22(30)25-14-20(29)32-6)27(18-12-15(18)2)19(28)13-26-23(31)33-24(3,4)5/h8-11,15,18,21H,7,12-14H2,1-6H3,(H,25,30)(H,26,31). The van der Waals surface area contributed by atoms with Crippen molar-refractivity contribution in [2.24, 2.45) is 5.92 Å². The molecular weight excluding hydrogens is 426 g/mol. The van der Waals surface area contributed by atoms with Gasteiger partial charge in [-0.3, -0.25) is 14.4 Å². The molecule has 0 bridgehead atoms. The third-order valence-electron chi connectivity index (χ3n) is 5.36. The molecule has 3 atom stereocenters. The van der Waals surface area contributed by atoms with Crippen molar-refractivity contribution in [3.63, 3.8) is 0 Å². The number of carbonyl (C=O) groups excluding carboxylic acids is 4. The molecule has 9 nitrogen and oxygen atoms in total. The highest BCUT2D eigenvalue weighted by Gasteiger charge is 2.46. The van der Waals surface area contributed by atoms with E-state index in [-0.39, 0.29) is 25.0 Å². The molecule has 1 aromatic rings. The zero-order valence-electron chi connectivity index (χ0n) is 20.3.